The molecular formula is C22H18N6O. The number of benzene rings is 2. The van der Waals surface area contributed by atoms with E-state index in [1.54, 1.807) is 12.4 Å². The zero-order chi connectivity index (χ0) is 19.8. The van der Waals surface area contributed by atoms with Crippen molar-refractivity contribution in [1.29, 1.82) is 0 Å². The van der Waals surface area contributed by atoms with Gasteiger partial charge in [-0.1, -0.05) is 18.2 Å². The predicted octanol–water partition coefficient (Wildman–Crippen LogP) is 3.92. The number of rotatable bonds is 4. The van der Waals surface area contributed by atoms with E-state index in [2.05, 4.69) is 30.5 Å². The lowest BCUT2D eigenvalue weighted by molar-refractivity contribution is 0.0955. The van der Waals surface area contributed by atoms with Crippen molar-refractivity contribution in [1.82, 2.24) is 30.5 Å². The van der Waals surface area contributed by atoms with Crippen LogP contribution in [0.4, 0.5) is 0 Å². The van der Waals surface area contributed by atoms with Gasteiger partial charge in [0.05, 0.1) is 22.1 Å². The number of fused-ring (bicyclic) bond motifs is 2. The van der Waals surface area contributed by atoms with Crippen molar-refractivity contribution in [3.8, 4) is 22.6 Å². The molecule has 0 saturated heterocycles. The highest BCUT2D eigenvalue weighted by molar-refractivity contribution is 5.97. The number of H-pyrrole nitrogens is 2. The van der Waals surface area contributed by atoms with Crippen molar-refractivity contribution in [3.05, 3.63) is 66.5 Å². The van der Waals surface area contributed by atoms with Gasteiger partial charge in [0.2, 0.25) is 0 Å². The molecule has 5 aromatic rings. The van der Waals surface area contributed by atoms with Gasteiger partial charge in [-0.3, -0.25) is 14.9 Å². The summed E-state index contributed by atoms with van der Waals surface area (Å²) in [5, 5.41) is 11.3. The third-order valence-corrected chi connectivity index (χ3v) is 4.85. The number of imidazole rings is 1. The summed E-state index contributed by atoms with van der Waals surface area (Å²) in [6.07, 6.45) is 3.33. The number of hydrogen-bond donors (Lipinski definition) is 3. The summed E-state index contributed by atoms with van der Waals surface area (Å²) < 4.78 is 0. The fourth-order valence-electron chi connectivity index (χ4n) is 3.42. The molecule has 3 aromatic heterocycles. The molecule has 0 saturated carbocycles. The fourth-order valence-corrected chi connectivity index (χ4v) is 3.42. The number of pyridine rings is 1. The van der Waals surface area contributed by atoms with Gasteiger partial charge < -0.3 is 10.3 Å². The summed E-state index contributed by atoms with van der Waals surface area (Å²) in [7, 11) is 0. The number of aromatic amines is 2. The van der Waals surface area contributed by atoms with Crippen molar-refractivity contribution in [2.45, 2.75) is 6.92 Å². The smallest absolute Gasteiger partial charge is 0.252 e. The molecule has 0 aliphatic rings. The number of carbonyl (C=O) groups is 1. The van der Waals surface area contributed by atoms with Crippen molar-refractivity contribution in [2.24, 2.45) is 0 Å². The maximum atomic E-state index is 12.1. The van der Waals surface area contributed by atoms with Gasteiger partial charge in [-0.2, -0.15) is 5.10 Å². The second kappa shape index (κ2) is 6.87. The second-order valence-corrected chi connectivity index (χ2v) is 6.76. The Kier molecular flexibility index (Phi) is 4.05. The molecule has 7 nitrogen and oxygen atoms in total. The van der Waals surface area contributed by atoms with Crippen molar-refractivity contribution < 1.29 is 4.79 Å². The van der Waals surface area contributed by atoms with Crippen molar-refractivity contribution >= 4 is 27.8 Å². The van der Waals surface area contributed by atoms with Crippen LogP contribution >= 0.6 is 0 Å². The van der Waals surface area contributed by atoms with E-state index in [4.69, 9.17) is 0 Å². The quantitative estimate of drug-likeness (QED) is 0.439. The van der Waals surface area contributed by atoms with Crippen LogP contribution in [0.2, 0.25) is 0 Å². The maximum Gasteiger partial charge on any atom is 0.252 e. The third-order valence-electron chi connectivity index (χ3n) is 4.85. The fraction of sp³-hybridized carbons (Fsp3) is 0.0909. The number of nitrogens with zero attached hydrogens (tertiary/aromatic N) is 3. The third kappa shape index (κ3) is 3.02. The number of aromatic nitrogens is 5. The first kappa shape index (κ1) is 17.1. The molecule has 3 N–H and O–H groups in total. The molecule has 0 aliphatic carbocycles. The summed E-state index contributed by atoms with van der Waals surface area (Å²) in [5.74, 6) is 0.581. The maximum absolute atomic E-state index is 12.1. The average molecular weight is 382 g/mol. The van der Waals surface area contributed by atoms with Gasteiger partial charge >= 0.3 is 0 Å². The molecule has 5 rings (SSSR count). The van der Waals surface area contributed by atoms with Crippen LogP contribution in [0.15, 0.2) is 60.9 Å². The average Bonchev–Trinajstić information content (AvgIpc) is 3.37. The Hall–Kier alpha value is -4.00. The lowest BCUT2D eigenvalue weighted by Crippen LogP contribution is -2.22. The van der Waals surface area contributed by atoms with Crippen LogP contribution in [0.1, 0.15) is 17.3 Å². The minimum Gasteiger partial charge on any atom is -0.352 e. The lowest BCUT2D eigenvalue weighted by Gasteiger charge is -2.06. The summed E-state index contributed by atoms with van der Waals surface area (Å²) in [5.41, 5.74) is 5.89. The van der Waals surface area contributed by atoms with Gasteiger partial charge in [0.25, 0.3) is 5.91 Å². The predicted molar refractivity (Wildman–Crippen MR) is 112 cm³/mol. The molecule has 29 heavy (non-hydrogen) atoms. The van der Waals surface area contributed by atoms with Crippen LogP contribution in [-0.2, 0) is 0 Å². The lowest BCUT2D eigenvalue weighted by atomic mass is 10.0. The van der Waals surface area contributed by atoms with Gasteiger partial charge in [0, 0.05) is 29.9 Å². The highest BCUT2D eigenvalue weighted by Crippen LogP contribution is 2.30. The Morgan fingerprint density at radius 1 is 1.03 bits per heavy atom. The van der Waals surface area contributed by atoms with Crippen LogP contribution in [0.5, 0.6) is 0 Å². The SMILES string of the molecule is CCNC(=O)c1cncc(-c2ccc3[nH]nc(-c4nc5ccccc5[nH]4)c3c2)c1. The summed E-state index contributed by atoms with van der Waals surface area (Å²) >= 11 is 0. The van der Waals surface area contributed by atoms with Crippen LogP contribution in [0.25, 0.3) is 44.6 Å². The Labute approximate surface area is 166 Å². The highest BCUT2D eigenvalue weighted by atomic mass is 16.1. The largest absolute Gasteiger partial charge is 0.352 e. The summed E-state index contributed by atoms with van der Waals surface area (Å²) in [4.78, 5) is 24.4. The topological polar surface area (TPSA) is 99.3 Å². The van der Waals surface area contributed by atoms with E-state index in [9.17, 15) is 4.79 Å². The van der Waals surface area contributed by atoms with E-state index in [0.717, 1.165) is 38.8 Å². The number of carbonyl (C=O) groups excluding carboxylic acids is 1. The van der Waals surface area contributed by atoms with E-state index in [-0.39, 0.29) is 5.91 Å². The molecule has 7 heteroatoms. The van der Waals surface area contributed by atoms with Gasteiger partial charge in [0.1, 0.15) is 5.69 Å². The van der Waals surface area contributed by atoms with Crippen LogP contribution < -0.4 is 5.32 Å². The summed E-state index contributed by atoms with van der Waals surface area (Å²) in [6.45, 7) is 2.46. The van der Waals surface area contributed by atoms with Gasteiger partial charge in [-0.15, -0.1) is 0 Å². The second-order valence-electron chi connectivity index (χ2n) is 6.76. The molecule has 3 heterocycles. The first-order chi connectivity index (χ1) is 14.2. The van der Waals surface area contributed by atoms with E-state index in [1.807, 2.05) is 55.5 Å². The first-order valence-electron chi connectivity index (χ1n) is 9.40. The molecule has 0 radical (unpaired) electrons. The zero-order valence-electron chi connectivity index (χ0n) is 15.7. The first-order valence-corrected chi connectivity index (χ1v) is 9.40. The van der Waals surface area contributed by atoms with Crippen molar-refractivity contribution in [3.63, 3.8) is 0 Å². The molecular weight excluding hydrogens is 364 g/mol. The number of para-hydroxylation sites is 2. The van der Waals surface area contributed by atoms with E-state index < -0.39 is 0 Å². The molecule has 2 aromatic carbocycles. The molecule has 0 unspecified atom stereocenters. The Balaban J connectivity index is 1.60. The van der Waals surface area contributed by atoms with Gasteiger partial charge in [-0.05, 0) is 42.8 Å². The van der Waals surface area contributed by atoms with Crippen LogP contribution in [-0.4, -0.2) is 37.6 Å². The minimum atomic E-state index is -0.130. The van der Waals surface area contributed by atoms with E-state index >= 15 is 0 Å². The standard InChI is InChI=1S/C22H18N6O/c1-2-24-22(29)15-9-14(11-23-12-15)13-7-8-17-16(10-13)20(28-27-17)21-25-18-5-3-4-6-19(18)26-21/h3-12H,2H2,1H3,(H,24,29)(H,25,26)(H,27,28). The Morgan fingerprint density at radius 3 is 2.79 bits per heavy atom. The molecule has 0 bridgehead atoms. The van der Waals surface area contributed by atoms with E-state index in [0.29, 0.717) is 17.9 Å². The molecule has 0 fully saturated rings. The van der Waals surface area contributed by atoms with Crippen molar-refractivity contribution in [2.75, 3.05) is 6.54 Å². The Morgan fingerprint density at radius 2 is 1.93 bits per heavy atom. The minimum absolute atomic E-state index is 0.130. The number of nitrogens with one attached hydrogen (secondary N) is 3. The van der Waals surface area contributed by atoms with Crippen LogP contribution in [0.3, 0.4) is 0 Å². The van der Waals surface area contributed by atoms with Gasteiger partial charge in [0.15, 0.2) is 5.82 Å². The number of amides is 1. The van der Waals surface area contributed by atoms with Gasteiger partial charge in [-0.25, -0.2) is 4.98 Å². The molecule has 0 aliphatic heterocycles. The molecule has 0 spiro atoms. The molecule has 0 atom stereocenters. The highest BCUT2D eigenvalue weighted by Gasteiger charge is 2.14. The normalized spacial score (nSPS) is 11.2. The van der Waals surface area contributed by atoms with Crippen LogP contribution in [0, 0.1) is 0 Å². The van der Waals surface area contributed by atoms with E-state index in [1.165, 1.54) is 0 Å². The molecule has 142 valence electrons. The zero-order valence-corrected chi connectivity index (χ0v) is 15.7. The summed E-state index contributed by atoms with van der Waals surface area (Å²) in [6, 6.07) is 15.7. The molecule has 1 amide bonds. The monoisotopic (exact) mass is 382 g/mol. The number of hydrogen-bond acceptors (Lipinski definition) is 4. The Bertz CT molecular complexity index is 1320.